The first-order valence-electron chi connectivity index (χ1n) is 15.4. The quantitative estimate of drug-likeness (QED) is 0.314. The molecule has 10 heteroatoms. The average molecular weight is 593 g/mol. The molecule has 230 valence electrons. The van der Waals surface area contributed by atoms with Crippen molar-refractivity contribution in [3.05, 3.63) is 64.2 Å². The molecule has 0 spiro atoms. The first-order valence-corrected chi connectivity index (χ1v) is 15.4. The van der Waals surface area contributed by atoms with Crippen molar-refractivity contribution in [2.24, 2.45) is 28.2 Å². The lowest BCUT2D eigenvalue weighted by atomic mass is 9.45. The van der Waals surface area contributed by atoms with E-state index < -0.39 is 11.6 Å². The van der Waals surface area contributed by atoms with E-state index in [9.17, 15) is 9.18 Å². The smallest absolute Gasteiger partial charge is 0.261 e. The summed E-state index contributed by atoms with van der Waals surface area (Å²) in [4.78, 5) is 24.8. The zero-order chi connectivity index (χ0) is 30.5. The Labute approximate surface area is 251 Å². The molecule has 2 N–H and O–H groups in total. The fourth-order valence-corrected chi connectivity index (χ4v) is 7.45. The number of guanidine groups is 1. The molecule has 8 nitrogen and oxygen atoms in total. The number of aliphatic imine (C=N–C) groups is 1. The highest BCUT2D eigenvalue weighted by Gasteiger charge is 2.56. The second-order valence-electron chi connectivity index (χ2n) is 13.2. The van der Waals surface area contributed by atoms with Gasteiger partial charge in [0, 0.05) is 44.3 Å². The third-order valence-electron chi connectivity index (χ3n) is 10.3. The number of nitrogens with one attached hydrogen (secondary N) is 2. The molecule has 5 atom stereocenters. The highest BCUT2D eigenvalue weighted by molar-refractivity contribution is 5.86. The number of hydrogen-bond donors (Lipinski definition) is 2. The summed E-state index contributed by atoms with van der Waals surface area (Å²) in [5.74, 6) is 1.96. The molecule has 4 aliphatic rings. The Morgan fingerprint density at radius 1 is 1.19 bits per heavy atom. The van der Waals surface area contributed by atoms with Gasteiger partial charge in [0.15, 0.2) is 5.96 Å². The summed E-state index contributed by atoms with van der Waals surface area (Å²) >= 11 is 0. The number of methoxy groups -OCH3 is 1. The molecule has 2 bridgehead atoms. The van der Waals surface area contributed by atoms with Crippen LogP contribution >= 0.6 is 0 Å². The normalized spacial score (nSPS) is 26.7. The number of aromatic nitrogens is 2. The lowest BCUT2D eigenvalue weighted by molar-refractivity contribution is -0.112. The third-order valence-corrected chi connectivity index (χ3v) is 10.3. The van der Waals surface area contributed by atoms with Gasteiger partial charge in [-0.2, -0.15) is 0 Å². The molecular formula is C33H42F2N6O2. The fourth-order valence-electron chi connectivity index (χ4n) is 7.45. The molecule has 2 aromatic carbocycles. The Morgan fingerprint density at radius 3 is 2.70 bits per heavy atom. The van der Waals surface area contributed by atoms with Gasteiger partial charge in [-0.05, 0) is 73.1 Å². The average Bonchev–Trinajstić information content (AvgIpc) is 2.98. The topological polar surface area (TPSA) is 83.8 Å². The molecule has 7 rings (SSSR count). The van der Waals surface area contributed by atoms with Crippen LogP contribution in [0.1, 0.15) is 46.1 Å². The minimum Gasteiger partial charge on any atom is -0.497 e. The van der Waals surface area contributed by atoms with Gasteiger partial charge in [0.2, 0.25) is 0 Å². The lowest BCUT2D eigenvalue weighted by Gasteiger charge is -2.62. The van der Waals surface area contributed by atoms with Crippen molar-refractivity contribution in [1.29, 1.82) is 0 Å². The number of halogens is 2. The van der Waals surface area contributed by atoms with E-state index in [0.717, 1.165) is 26.1 Å². The van der Waals surface area contributed by atoms with E-state index in [0.29, 0.717) is 46.0 Å². The molecule has 0 unspecified atom stereocenters. The first-order chi connectivity index (χ1) is 20.5. The Morgan fingerprint density at radius 2 is 2.00 bits per heavy atom. The minimum absolute atomic E-state index is 0.153. The van der Waals surface area contributed by atoms with Crippen molar-refractivity contribution < 1.29 is 13.5 Å². The van der Waals surface area contributed by atoms with Gasteiger partial charge >= 0.3 is 0 Å². The van der Waals surface area contributed by atoms with Crippen LogP contribution in [0.5, 0.6) is 5.75 Å². The highest BCUT2D eigenvalue weighted by atomic mass is 19.1. The van der Waals surface area contributed by atoms with Gasteiger partial charge in [0.25, 0.3) is 5.56 Å². The maximum absolute atomic E-state index is 15.6. The van der Waals surface area contributed by atoms with E-state index in [4.69, 9.17) is 9.73 Å². The van der Waals surface area contributed by atoms with Crippen LogP contribution in [0.4, 0.5) is 14.5 Å². The second-order valence-corrected chi connectivity index (χ2v) is 13.2. The van der Waals surface area contributed by atoms with Crippen molar-refractivity contribution in [1.82, 2.24) is 25.1 Å². The Hall–Kier alpha value is -3.53. The fraction of sp³-hybridized carbons (Fsp3) is 0.545. The van der Waals surface area contributed by atoms with Crippen molar-refractivity contribution in [2.75, 3.05) is 26.7 Å². The molecule has 0 radical (unpaired) electrons. The van der Waals surface area contributed by atoms with Crippen LogP contribution in [0.15, 0.2) is 46.4 Å². The van der Waals surface area contributed by atoms with E-state index in [1.54, 1.807) is 18.2 Å². The highest BCUT2D eigenvalue weighted by Crippen LogP contribution is 2.61. The number of rotatable bonds is 6. The van der Waals surface area contributed by atoms with E-state index in [1.165, 1.54) is 36.6 Å². The number of piperazine rings is 1. The van der Waals surface area contributed by atoms with Crippen LogP contribution in [-0.2, 0) is 13.0 Å². The van der Waals surface area contributed by atoms with Crippen LogP contribution in [0.3, 0.4) is 0 Å². The van der Waals surface area contributed by atoms with E-state index >= 15 is 4.39 Å². The number of fused-ring (bicyclic) bond motifs is 3. The monoisotopic (exact) mass is 592 g/mol. The number of aryl methyl sites for hydroxylation is 2. The molecule has 4 fully saturated rings. The molecule has 43 heavy (non-hydrogen) atoms. The zero-order valence-electron chi connectivity index (χ0n) is 25.7. The number of nitrogens with zero attached hydrogens (tertiary/aromatic N) is 4. The van der Waals surface area contributed by atoms with Crippen LogP contribution < -0.4 is 20.9 Å². The van der Waals surface area contributed by atoms with Gasteiger partial charge in [-0.25, -0.2) is 18.8 Å². The van der Waals surface area contributed by atoms with Crippen molar-refractivity contribution >= 4 is 22.5 Å². The molecule has 1 saturated heterocycles. The standard InChI is InChI=1S/C33H42F2N6O2/c1-19-17-40(11-9-36-19)32(38-28-13-22-12-25(20(28)2)33(22,3)4)39-30-16-29-24(15-27(30)35)31(42)41(18-37-29)10-8-21-6-7-23(43-5)14-26(21)34/h6-7,14-16,18-20,22,25,28,36H,8-13,17H2,1-5H3,(H,38,39)/t19-,20+,22-,25-,28-/m0/s1. The van der Waals surface area contributed by atoms with Crippen LogP contribution in [0, 0.1) is 34.8 Å². The summed E-state index contributed by atoms with van der Waals surface area (Å²) in [6, 6.07) is 7.97. The van der Waals surface area contributed by atoms with Crippen LogP contribution in [-0.4, -0.2) is 59.2 Å². The lowest BCUT2D eigenvalue weighted by Crippen LogP contribution is -2.63. The van der Waals surface area contributed by atoms with Gasteiger partial charge in [0.1, 0.15) is 23.1 Å². The molecule has 2 heterocycles. The summed E-state index contributed by atoms with van der Waals surface area (Å²) in [7, 11) is 1.48. The maximum atomic E-state index is 15.6. The largest absolute Gasteiger partial charge is 0.497 e. The minimum atomic E-state index is -0.575. The Kier molecular flexibility index (Phi) is 7.91. The van der Waals surface area contributed by atoms with E-state index in [2.05, 4.69) is 48.2 Å². The molecule has 3 aromatic rings. The predicted molar refractivity (Wildman–Crippen MR) is 165 cm³/mol. The molecular weight excluding hydrogens is 550 g/mol. The van der Waals surface area contributed by atoms with Crippen LogP contribution in [0.2, 0.25) is 0 Å². The van der Waals surface area contributed by atoms with Gasteiger partial charge in [0.05, 0.1) is 24.3 Å². The third kappa shape index (κ3) is 5.61. The summed E-state index contributed by atoms with van der Waals surface area (Å²) in [6.07, 6.45) is 4.07. The summed E-state index contributed by atoms with van der Waals surface area (Å²) in [5.41, 5.74) is 0.975. The zero-order valence-corrected chi connectivity index (χ0v) is 25.7. The van der Waals surface area contributed by atoms with E-state index in [1.807, 2.05) is 0 Å². The second kappa shape index (κ2) is 11.5. The number of ether oxygens (including phenoxy) is 1. The number of benzene rings is 2. The summed E-state index contributed by atoms with van der Waals surface area (Å²) in [6.45, 7) is 11.8. The molecule has 0 amide bonds. The summed E-state index contributed by atoms with van der Waals surface area (Å²) in [5, 5.41) is 7.38. The molecule has 1 aliphatic heterocycles. The van der Waals surface area contributed by atoms with Crippen molar-refractivity contribution in [3.8, 4) is 5.75 Å². The molecule has 3 saturated carbocycles. The van der Waals surface area contributed by atoms with Gasteiger partial charge in [-0.1, -0.05) is 26.8 Å². The maximum Gasteiger partial charge on any atom is 0.261 e. The summed E-state index contributed by atoms with van der Waals surface area (Å²) < 4.78 is 36.5. The Balaban J connectivity index is 1.27. The van der Waals surface area contributed by atoms with Crippen molar-refractivity contribution in [2.45, 2.75) is 65.6 Å². The van der Waals surface area contributed by atoms with E-state index in [-0.39, 0.29) is 41.7 Å². The number of hydrogen-bond acceptors (Lipinski definition) is 5. The predicted octanol–water partition coefficient (Wildman–Crippen LogP) is 4.87. The van der Waals surface area contributed by atoms with Crippen LogP contribution in [0.25, 0.3) is 10.9 Å². The van der Waals surface area contributed by atoms with Gasteiger partial charge in [-0.3, -0.25) is 9.36 Å². The Bertz CT molecular complexity index is 1600. The molecule has 1 aromatic heterocycles. The SMILES string of the molecule is COc1ccc(CCn2cnc3cc(N=C(N[C@H]4C[C@@H]5C[C@@H]([C@H]4C)C5(C)C)N4CCN[C@@H](C)C4)c(F)cc3c2=O)c(F)c1. The molecule has 3 aliphatic carbocycles. The van der Waals surface area contributed by atoms with Crippen molar-refractivity contribution in [3.63, 3.8) is 0 Å². The van der Waals surface area contributed by atoms with Gasteiger partial charge in [-0.15, -0.1) is 0 Å². The van der Waals surface area contributed by atoms with Gasteiger partial charge < -0.3 is 20.3 Å². The first kappa shape index (κ1) is 29.5.